The molecule has 5 heteroatoms. The van der Waals surface area contributed by atoms with Gasteiger partial charge in [-0.05, 0) is 43.9 Å². The number of carbonyl (C=O) groups excluding carboxylic acids is 1. The van der Waals surface area contributed by atoms with Gasteiger partial charge in [-0.1, -0.05) is 0 Å². The SMILES string of the molecule is CN(CC1(CO)CC1)C(=O)[C@H]1C[C@@]12CCOc1ccc(F)cc12. The Hall–Kier alpha value is -1.62. The largest absolute Gasteiger partial charge is 0.493 e. The third kappa shape index (κ3) is 2.33. The van der Waals surface area contributed by atoms with Gasteiger partial charge in [0.25, 0.3) is 0 Å². The topological polar surface area (TPSA) is 49.8 Å². The molecule has 1 aromatic carbocycles. The number of aliphatic hydroxyl groups is 1. The van der Waals surface area contributed by atoms with E-state index in [1.54, 1.807) is 11.0 Å². The summed E-state index contributed by atoms with van der Waals surface area (Å²) in [5.74, 6) is 0.454. The van der Waals surface area contributed by atoms with Gasteiger partial charge in [0.05, 0.1) is 13.2 Å². The first-order valence-electron chi connectivity index (χ1n) is 8.28. The van der Waals surface area contributed by atoms with Crippen molar-refractivity contribution >= 4 is 5.91 Å². The number of carbonyl (C=O) groups is 1. The van der Waals surface area contributed by atoms with E-state index >= 15 is 0 Å². The molecule has 4 nitrogen and oxygen atoms in total. The number of hydrogen-bond acceptors (Lipinski definition) is 3. The number of rotatable bonds is 4. The molecule has 0 saturated heterocycles. The molecule has 124 valence electrons. The zero-order valence-electron chi connectivity index (χ0n) is 13.3. The van der Waals surface area contributed by atoms with Crippen LogP contribution in [0.2, 0.25) is 0 Å². The smallest absolute Gasteiger partial charge is 0.226 e. The molecule has 0 unspecified atom stereocenters. The van der Waals surface area contributed by atoms with Crippen molar-refractivity contribution in [1.82, 2.24) is 4.90 Å². The van der Waals surface area contributed by atoms with E-state index in [1.807, 2.05) is 7.05 Å². The van der Waals surface area contributed by atoms with Gasteiger partial charge in [0.2, 0.25) is 5.91 Å². The summed E-state index contributed by atoms with van der Waals surface area (Å²) < 4.78 is 19.3. The number of benzene rings is 1. The van der Waals surface area contributed by atoms with E-state index in [-0.39, 0.29) is 35.1 Å². The number of nitrogens with zero attached hydrogens (tertiary/aromatic N) is 1. The Morgan fingerprint density at radius 2 is 2.22 bits per heavy atom. The highest BCUT2D eigenvalue weighted by Crippen LogP contribution is 2.61. The van der Waals surface area contributed by atoms with Crippen molar-refractivity contribution in [2.75, 3.05) is 26.8 Å². The second-order valence-corrected chi connectivity index (χ2v) is 7.50. The fourth-order valence-corrected chi connectivity index (χ4v) is 4.09. The van der Waals surface area contributed by atoms with Crippen molar-refractivity contribution in [1.29, 1.82) is 0 Å². The summed E-state index contributed by atoms with van der Waals surface area (Å²) in [6, 6.07) is 4.60. The Labute approximate surface area is 135 Å². The van der Waals surface area contributed by atoms with Crippen molar-refractivity contribution in [2.45, 2.75) is 31.1 Å². The van der Waals surface area contributed by atoms with Crippen LogP contribution in [-0.4, -0.2) is 42.7 Å². The lowest BCUT2D eigenvalue weighted by atomic mass is 9.87. The first-order chi connectivity index (χ1) is 11.0. The van der Waals surface area contributed by atoms with Crippen LogP contribution in [0.5, 0.6) is 5.75 Å². The molecule has 1 heterocycles. The minimum Gasteiger partial charge on any atom is -0.493 e. The zero-order valence-corrected chi connectivity index (χ0v) is 13.3. The zero-order chi connectivity index (χ0) is 16.2. The third-order valence-corrected chi connectivity index (χ3v) is 5.90. The summed E-state index contributed by atoms with van der Waals surface area (Å²) in [5, 5.41) is 9.45. The Kier molecular flexibility index (Phi) is 3.21. The summed E-state index contributed by atoms with van der Waals surface area (Å²) in [6.45, 7) is 1.33. The molecule has 1 aliphatic heterocycles. The molecule has 2 saturated carbocycles. The maximum Gasteiger partial charge on any atom is 0.226 e. The quantitative estimate of drug-likeness (QED) is 0.924. The van der Waals surface area contributed by atoms with Gasteiger partial charge in [-0.15, -0.1) is 0 Å². The summed E-state index contributed by atoms with van der Waals surface area (Å²) in [4.78, 5) is 14.6. The van der Waals surface area contributed by atoms with Gasteiger partial charge in [-0.25, -0.2) is 4.39 Å². The molecular formula is C18H22FNO3. The lowest BCUT2D eigenvalue weighted by Crippen LogP contribution is -2.37. The van der Waals surface area contributed by atoms with Crippen LogP contribution < -0.4 is 4.74 Å². The van der Waals surface area contributed by atoms with Crippen LogP contribution in [-0.2, 0) is 10.2 Å². The summed E-state index contributed by atoms with van der Waals surface area (Å²) >= 11 is 0. The summed E-state index contributed by atoms with van der Waals surface area (Å²) in [5.41, 5.74) is 0.516. The maximum atomic E-state index is 13.7. The molecule has 2 aliphatic carbocycles. The van der Waals surface area contributed by atoms with Crippen LogP contribution in [0.3, 0.4) is 0 Å². The van der Waals surface area contributed by atoms with Gasteiger partial charge in [-0.3, -0.25) is 4.79 Å². The summed E-state index contributed by atoms with van der Waals surface area (Å²) in [6.07, 6.45) is 3.50. The average molecular weight is 319 g/mol. The van der Waals surface area contributed by atoms with E-state index < -0.39 is 0 Å². The normalized spacial score (nSPS) is 29.6. The number of hydrogen-bond donors (Lipinski definition) is 1. The molecule has 1 spiro atoms. The van der Waals surface area contributed by atoms with Crippen LogP contribution in [0.1, 0.15) is 31.2 Å². The fourth-order valence-electron chi connectivity index (χ4n) is 4.09. The molecule has 2 atom stereocenters. The average Bonchev–Trinajstić information content (AvgIpc) is 3.45. The molecule has 0 bridgehead atoms. The fraction of sp³-hybridized carbons (Fsp3) is 0.611. The Bertz CT molecular complexity index is 658. The van der Waals surface area contributed by atoms with Crippen LogP contribution in [0.15, 0.2) is 18.2 Å². The van der Waals surface area contributed by atoms with Gasteiger partial charge in [0.1, 0.15) is 11.6 Å². The van der Waals surface area contributed by atoms with Gasteiger partial charge >= 0.3 is 0 Å². The lowest BCUT2D eigenvalue weighted by molar-refractivity contribution is -0.132. The van der Waals surface area contributed by atoms with Crippen molar-refractivity contribution in [3.8, 4) is 5.75 Å². The van der Waals surface area contributed by atoms with Gasteiger partial charge in [-0.2, -0.15) is 0 Å². The third-order valence-electron chi connectivity index (χ3n) is 5.90. The van der Waals surface area contributed by atoms with E-state index in [1.165, 1.54) is 12.1 Å². The predicted molar refractivity (Wildman–Crippen MR) is 82.7 cm³/mol. The van der Waals surface area contributed by atoms with Gasteiger partial charge in [0, 0.05) is 35.9 Å². The molecule has 1 amide bonds. The number of aliphatic hydroxyl groups excluding tert-OH is 1. The predicted octanol–water partition coefficient (Wildman–Crippen LogP) is 2.10. The molecule has 23 heavy (non-hydrogen) atoms. The number of fused-ring (bicyclic) bond motifs is 2. The Balaban J connectivity index is 1.53. The first kappa shape index (κ1) is 14.9. The van der Waals surface area contributed by atoms with Crippen molar-refractivity contribution in [2.24, 2.45) is 11.3 Å². The second-order valence-electron chi connectivity index (χ2n) is 7.50. The van der Waals surface area contributed by atoms with Crippen LogP contribution in [0, 0.1) is 17.2 Å². The number of amides is 1. The van der Waals surface area contributed by atoms with Gasteiger partial charge in [0.15, 0.2) is 0 Å². The van der Waals surface area contributed by atoms with Crippen molar-refractivity contribution in [3.63, 3.8) is 0 Å². The molecular weight excluding hydrogens is 297 g/mol. The molecule has 1 N–H and O–H groups in total. The van der Waals surface area contributed by atoms with Crippen molar-refractivity contribution < 1.29 is 19.0 Å². The Morgan fingerprint density at radius 1 is 1.43 bits per heavy atom. The standard InChI is InChI=1S/C18H22FNO3/c1-20(10-17(11-21)4-5-17)16(22)14-9-18(14)6-7-23-15-3-2-12(19)8-13(15)18/h2-3,8,14,21H,4-7,9-11H2,1H3/t14-,18-/m1/s1. The number of halogens is 1. The van der Waals surface area contributed by atoms with E-state index in [0.717, 1.165) is 31.2 Å². The summed E-state index contributed by atoms with van der Waals surface area (Å²) in [7, 11) is 1.82. The minimum atomic E-state index is -0.280. The van der Waals surface area contributed by atoms with Crippen molar-refractivity contribution in [3.05, 3.63) is 29.6 Å². The highest BCUT2D eigenvalue weighted by molar-refractivity contribution is 5.85. The Morgan fingerprint density at radius 3 is 2.91 bits per heavy atom. The van der Waals surface area contributed by atoms with Gasteiger partial charge < -0.3 is 14.7 Å². The molecule has 0 radical (unpaired) electrons. The minimum absolute atomic E-state index is 0.0772. The van der Waals surface area contributed by atoms with E-state index in [0.29, 0.717) is 18.9 Å². The lowest BCUT2D eigenvalue weighted by Gasteiger charge is -2.28. The van der Waals surface area contributed by atoms with Crippen LogP contribution >= 0.6 is 0 Å². The molecule has 4 rings (SSSR count). The van der Waals surface area contributed by atoms with E-state index in [9.17, 15) is 14.3 Å². The van der Waals surface area contributed by atoms with E-state index in [2.05, 4.69) is 0 Å². The highest BCUT2D eigenvalue weighted by Gasteiger charge is 2.62. The first-order valence-corrected chi connectivity index (χ1v) is 8.28. The van der Waals surface area contributed by atoms with Crippen LogP contribution in [0.25, 0.3) is 0 Å². The monoisotopic (exact) mass is 319 g/mol. The highest BCUT2D eigenvalue weighted by atomic mass is 19.1. The van der Waals surface area contributed by atoms with E-state index in [4.69, 9.17) is 4.74 Å². The molecule has 0 aromatic heterocycles. The molecule has 3 aliphatic rings. The second kappa shape index (κ2) is 4.94. The number of ether oxygens (including phenoxy) is 1. The van der Waals surface area contributed by atoms with Crippen LogP contribution in [0.4, 0.5) is 4.39 Å². The molecule has 1 aromatic rings. The maximum absolute atomic E-state index is 13.7. The molecule has 2 fully saturated rings.